The molecule has 0 radical (unpaired) electrons. The normalized spacial score (nSPS) is 10.4. The van der Waals surface area contributed by atoms with Crippen LogP contribution in [0.2, 0.25) is 0 Å². The molecule has 0 atom stereocenters. The quantitative estimate of drug-likeness (QED) is 0.503. The van der Waals surface area contributed by atoms with E-state index in [9.17, 15) is 14.4 Å². The standard InChI is InChI=1S/C21H19NO7/c1-12(23)22-15-4-5-18-14(8-20(24)29-19(18)9-15)11-28-21(25)13-6-16(26-2)10-17(7-13)27-3/h4-10H,11H2,1-3H3,(H,22,23). The van der Waals surface area contributed by atoms with Crippen molar-refractivity contribution >= 4 is 28.5 Å². The maximum Gasteiger partial charge on any atom is 0.338 e. The lowest BCUT2D eigenvalue weighted by Gasteiger charge is -2.10. The highest BCUT2D eigenvalue weighted by molar-refractivity contribution is 5.93. The number of amides is 1. The molecular formula is C21H19NO7. The van der Waals surface area contributed by atoms with Crippen molar-refractivity contribution in [3.8, 4) is 11.5 Å². The van der Waals surface area contributed by atoms with E-state index in [4.69, 9.17) is 18.6 Å². The summed E-state index contributed by atoms with van der Waals surface area (Å²) in [5.74, 6) is 0.0594. The number of hydrogen-bond acceptors (Lipinski definition) is 7. The van der Waals surface area contributed by atoms with Gasteiger partial charge in [-0.3, -0.25) is 4.79 Å². The Morgan fingerprint density at radius 2 is 1.69 bits per heavy atom. The van der Waals surface area contributed by atoms with Crippen LogP contribution >= 0.6 is 0 Å². The molecule has 8 nitrogen and oxygen atoms in total. The summed E-state index contributed by atoms with van der Waals surface area (Å²) >= 11 is 0. The molecular weight excluding hydrogens is 378 g/mol. The van der Waals surface area contributed by atoms with Gasteiger partial charge in [-0.2, -0.15) is 0 Å². The number of hydrogen-bond donors (Lipinski definition) is 1. The number of carbonyl (C=O) groups excluding carboxylic acids is 2. The van der Waals surface area contributed by atoms with Crippen molar-refractivity contribution in [3.05, 3.63) is 64.0 Å². The van der Waals surface area contributed by atoms with Crippen molar-refractivity contribution in [2.24, 2.45) is 0 Å². The zero-order valence-corrected chi connectivity index (χ0v) is 16.1. The van der Waals surface area contributed by atoms with Crippen LogP contribution in [-0.2, 0) is 16.1 Å². The highest BCUT2D eigenvalue weighted by Crippen LogP contribution is 2.25. The van der Waals surface area contributed by atoms with Gasteiger partial charge in [-0.1, -0.05) is 0 Å². The summed E-state index contributed by atoms with van der Waals surface area (Å²) in [5, 5.41) is 3.21. The highest BCUT2D eigenvalue weighted by Gasteiger charge is 2.14. The number of ether oxygens (including phenoxy) is 3. The van der Waals surface area contributed by atoms with E-state index in [-0.39, 0.29) is 23.7 Å². The predicted octanol–water partition coefficient (Wildman–Crippen LogP) is 3.13. The molecule has 2 aromatic carbocycles. The van der Waals surface area contributed by atoms with Gasteiger partial charge in [-0.15, -0.1) is 0 Å². The van der Waals surface area contributed by atoms with Gasteiger partial charge in [0, 0.05) is 41.8 Å². The summed E-state index contributed by atoms with van der Waals surface area (Å²) in [6.07, 6.45) is 0. The van der Waals surface area contributed by atoms with Crippen LogP contribution in [0.4, 0.5) is 5.69 Å². The summed E-state index contributed by atoms with van der Waals surface area (Å²) < 4.78 is 20.9. The molecule has 1 N–H and O–H groups in total. The lowest BCUT2D eigenvalue weighted by atomic mass is 10.1. The number of fused-ring (bicyclic) bond motifs is 1. The molecule has 0 fully saturated rings. The zero-order valence-electron chi connectivity index (χ0n) is 16.1. The van der Waals surface area contributed by atoms with Crippen LogP contribution < -0.4 is 20.4 Å². The maximum atomic E-state index is 12.5. The minimum Gasteiger partial charge on any atom is -0.497 e. The highest BCUT2D eigenvalue weighted by atomic mass is 16.5. The zero-order chi connectivity index (χ0) is 21.0. The lowest BCUT2D eigenvalue weighted by molar-refractivity contribution is -0.114. The van der Waals surface area contributed by atoms with E-state index >= 15 is 0 Å². The SMILES string of the molecule is COc1cc(OC)cc(C(=O)OCc2cc(=O)oc3cc(NC(C)=O)ccc23)c1. The second-order valence-corrected chi connectivity index (χ2v) is 6.16. The number of esters is 1. The molecule has 8 heteroatoms. The molecule has 1 amide bonds. The maximum absolute atomic E-state index is 12.5. The third-order valence-electron chi connectivity index (χ3n) is 4.10. The molecule has 0 spiro atoms. The molecule has 3 rings (SSSR count). The molecule has 0 saturated heterocycles. The van der Waals surface area contributed by atoms with Crippen LogP contribution in [-0.4, -0.2) is 26.1 Å². The molecule has 29 heavy (non-hydrogen) atoms. The first-order valence-corrected chi connectivity index (χ1v) is 8.64. The van der Waals surface area contributed by atoms with Crippen molar-refractivity contribution in [2.45, 2.75) is 13.5 Å². The molecule has 1 aromatic heterocycles. The Morgan fingerprint density at radius 1 is 1.00 bits per heavy atom. The summed E-state index contributed by atoms with van der Waals surface area (Å²) in [6, 6.07) is 10.9. The average molecular weight is 397 g/mol. The Balaban J connectivity index is 1.86. The fraction of sp³-hybridized carbons (Fsp3) is 0.190. The molecule has 150 valence electrons. The van der Waals surface area contributed by atoms with Crippen molar-refractivity contribution in [1.29, 1.82) is 0 Å². The Labute approximate surface area is 166 Å². The molecule has 0 unspecified atom stereocenters. The first kappa shape index (κ1) is 19.9. The van der Waals surface area contributed by atoms with Crippen LogP contribution in [0, 0.1) is 0 Å². The van der Waals surface area contributed by atoms with Gasteiger partial charge < -0.3 is 23.9 Å². The molecule has 0 bridgehead atoms. The van der Waals surface area contributed by atoms with Gasteiger partial charge in [0.25, 0.3) is 0 Å². The van der Waals surface area contributed by atoms with Crippen LogP contribution in [0.3, 0.4) is 0 Å². The number of nitrogens with one attached hydrogen (secondary N) is 1. The third kappa shape index (κ3) is 4.73. The van der Waals surface area contributed by atoms with E-state index in [1.54, 1.807) is 18.2 Å². The fourth-order valence-corrected chi connectivity index (χ4v) is 2.78. The largest absolute Gasteiger partial charge is 0.497 e. The molecule has 3 aromatic rings. The van der Waals surface area contributed by atoms with E-state index in [1.165, 1.54) is 45.4 Å². The van der Waals surface area contributed by atoms with Gasteiger partial charge in [0.15, 0.2) is 0 Å². The lowest BCUT2D eigenvalue weighted by Crippen LogP contribution is -2.09. The van der Waals surface area contributed by atoms with E-state index in [2.05, 4.69) is 5.32 Å². The van der Waals surface area contributed by atoms with Gasteiger partial charge in [-0.05, 0) is 24.3 Å². The van der Waals surface area contributed by atoms with Gasteiger partial charge in [-0.25, -0.2) is 9.59 Å². The molecule has 0 aliphatic rings. The predicted molar refractivity (Wildman–Crippen MR) is 105 cm³/mol. The van der Waals surface area contributed by atoms with Gasteiger partial charge >= 0.3 is 11.6 Å². The Bertz CT molecular complexity index is 1110. The summed E-state index contributed by atoms with van der Waals surface area (Å²) in [7, 11) is 2.96. The van der Waals surface area contributed by atoms with Gasteiger partial charge in [0.05, 0.1) is 19.8 Å². The van der Waals surface area contributed by atoms with Gasteiger partial charge in [0.2, 0.25) is 5.91 Å². The first-order chi connectivity index (χ1) is 13.9. The number of anilines is 1. The average Bonchev–Trinajstić information content (AvgIpc) is 2.70. The van der Waals surface area contributed by atoms with E-state index < -0.39 is 11.6 Å². The topological polar surface area (TPSA) is 104 Å². The number of rotatable bonds is 6. The van der Waals surface area contributed by atoms with Crippen LogP contribution in [0.25, 0.3) is 11.0 Å². The van der Waals surface area contributed by atoms with Crippen molar-refractivity contribution in [2.75, 3.05) is 19.5 Å². The van der Waals surface area contributed by atoms with Crippen molar-refractivity contribution < 1.29 is 28.2 Å². The molecule has 0 aliphatic carbocycles. The summed E-state index contributed by atoms with van der Waals surface area (Å²) in [5.41, 5.74) is 0.908. The van der Waals surface area contributed by atoms with Crippen molar-refractivity contribution in [3.63, 3.8) is 0 Å². The smallest absolute Gasteiger partial charge is 0.338 e. The second-order valence-electron chi connectivity index (χ2n) is 6.16. The van der Waals surface area contributed by atoms with Crippen LogP contribution in [0.5, 0.6) is 11.5 Å². The van der Waals surface area contributed by atoms with Crippen LogP contribution in [0.15, 0.2) is 51.7 Å². The van der Waals surface area contributed by atoms with Crippen molar-refractivity contribution in [1.82, 2.24) is 0 Å². The molecule has 0 aliphatic heterocycles. The Morgan fingerprint density at radius 3 is 2.31 bits per heavy atom. The Hall–Kier alpha value is -3.81. The second kappa shape index (κ2) is 8.47. The number of benzene rings is 2. The first-order valence-electron chi connectivity index (χ1n) is 8.64. The monoisotopic (exact) mass is 397 g/mol. The fourth-order valence-electron chi connectivity index (χ4n) is 2.78. The number of methoxy groups -OCH3 is 2. The third-order valence-corrected chi connectivity index (χ3v) is 4.10. The summed E-state index contributed by atoms with van der Waals surface area (Å²) in [4.78, 5) is 35.6. The van der Waals surface area contributed by atoms with Crippen LogP contribution in [0.1, 0.15) is 22.8 Å². The van der Waals surface area contributed by atoms with E-state index in [0.29, 0.717) is 28.1 Å². The minimum atomic E-state index is -0.599. The van der Waals surface area contributed by atoms with Gasteiger partial charge in [0.1, 0.15) is 23.7 Å². The Kier molecular flexibility index (Phi) is 5.82. The molecule has 0 saturated carbocycles. The van der Waals surface area contributed by atoms with E-state index in [1.807, 2.05) is 0 Å². The summed E-state index contributed by atoms with van der Waals surface area (Å²) in [6.45, 7) is 1.24. The number of carbonyl (C=O) groups is 2. The minimum absolute atomic E-state index is 0.139. The van der Waals surface area contributed by atoms with E-state index in [0.717, 1.165) is 0 Å². The molecule has 1 heterocycles.